The summed E-state index contributed by atoms with van der Waals surface area (Å²) < 4.78 is 0. The first kappa shape index (κ1) is 11.9. The van der Waals surface area contributed by atoms with Crippen molar-refractivity contribution in [1.82, 2.24) is 10.4 Å². The van der Waals surface area contributed by atoms with Gasteiger partial charge in [0.15, 0.2) is 0 Å². The highest BCUT2D eigenvalue weighted by Crippen LogP contribution is 2.16. The van der Waals surface area contributed by atoms with Crippen LogP contribution in [0.4, 0.5) is 0 Å². The summed E-state index contributed by atoms with van der Waals surface area (Å²) in [5.41, 5.74) is 8.56. The topological polar surface area (TPSA) is 50.5 Å². The van der Waals surface area contributed by atoms with E-state index in [0.717, 1.165) is 26.1 Å². The van der Waals surface area contributed by atoms with E-state index in [1.165, 1.54) is 12.8 Å². The van der Waals surface area contributed by atoms with Gasteiger partial charge in [-0.05, 0) is 39.3 Å². The Balaban J connectivity index is 2.30. The zero-order valence-corrected chi connectivity index (χ0v) is 9.33. The van der Waals surface area contributed by atoms with Gasteiger partial charge in [0.05, 0.1) is 7.11 Å². The molecule has 1 fully saturated rings. The van der Waals surface area contributed by atoms with Gasteiger partial charge >= 0.3 is 0 Å². The third kappa shape index (κ3) is 3.53. The largest absolute Gasteiger partial charge is 0.330 e. The summed E-state index contributed by atoms with van der Waals surface area (Å²) >= 11 is 0. The van der Waals surface area contributed by atoms with Gasteiger partial charge in [0.2, 0.25) is 0 Å². The van der Waals surface area contributed by atoms with Crippen LogP contribution in [0.1, 0.15) is 26.2 Å². The van der Waals surface area contributed by atoms with E-state index < -0.39 is 0 Å². The Labute approximate surface area is 86.7 Å². The lowest BCUT2D eigenvalue weighted by atomic mass is 10.00. The first-order valence-electron chi connectivity index (χ1n) is 5.50. The Bertz CT molecular complexity index is 154. The van der Waals surface area contributed by atoms with Gasteiger partial charge in [-0.15, -0.1) is 0 Å². The van der Waals surface area contributed by atoms with Crippen molar-refractivity contribution in [3.63, 3.8) is 0 Å². The molecule has 1 rings (SSSR count). The van der Waals surface area contributed by atoms with Gasteiger partial charge in [0, 0.05) is 18.6 Å². The van der Waals surface area contributed by atoms with Crippen LogP contribution in [0.15, 0.2) is 0 Å². The fourth-order valence-corrected chi connectivity index (χ4v) is 2.05. The normalized spacial score (nSPS) is 29.4. The van der Waals surface area contributed by atoms with Crippen LogP contribution in [-0.2, 0) is 4.84 Å². The summed E-state index contributed by atoms with van der Waals surface area (Å²) in [5.74, 6) is 0. The van der Waals surface area contributed by atoms with E-state index in [-0.39, 0.29) is 0 Å². The number of hydrogen-bond donors (Lipinski definition) is 2. The van der Waals surface area contributed by atoms with E-state index in [1.807, 2.05) is 0 Å². The molecule has 2 atom stereocenters. The second-order valence-electron chi connectivity index (χ2n) is 4.08. The minimum atomic E-state index is 0.481. The van der Waals surface area contributed by atoms with E-state index in [9.17, 15) is 0 Å². The highest BCUT2D eigenvalue weighted by Gasteiger charge is 2.24. The fraction of sp³-hybridized carbons (Fsp3) is 1.00. The van der Waals surface area contributed by atoms with Crippen LogP contribution in [0.25, 0.3) is 0 Å². The van der Waals surface area contributed by atoms with Crippen molar-refractivity contribution in [2.75, 3.05) is 26.7 Å². The maximum Gasteiger partial charge on any atom is 0.0572 e. The highest BCUT2D eigenvalue weighted by molar-refractivity contribution is 4.81. The Hall–Kier alpha value is -0.160. The Morgan fingerprint density at radius 3 is 2.93 bits per heavy atom. The molecule has 1 heterocycles. The van der Waals surface area contributed by atoms with Crippen molar-refractivity contribution in [2.45, 2.75) is 38.3 Å². The lowest BCUT2D eigenvalue weighted by molar-refractivity contribution is 0.0186. The Morgan fingerprint density at radius 1 is 1.50 bits per heavy atom. The monoisotopic (exact) mass is 201 g/mol. The quantitative estimate of drug-likeness (QED) is 0.630. The molecule has 0 spiro atoms. The van der Waals surface area contributed by atoms with Crippen molar-refractivity contribution < 1.29 is 4.84 Å². The van der Waals surface area contributed by atoms with E-state index in [1.54, 1.807) is 7.11 Å². The standard InChI is InChI=1S/C10H23N3O/c1-9-4-5-10(12-14-2)8-13(9)7-3-6-11/h9-10,12H,3-8,11H2,1-2H3/t9-,10?/m1/s1. The zero-order valence-electron chi connectivity index (χ0n) is 9.33. The smallest absolute Gasteiger partial charge is 0.0572 e. The Morgan fingerprint density at radius 2 is 2.29 bits per heavy atom. The van der Waals surface area contributed by atoms with Crippen molar-refractivity contribution in [1.29, 1.82) is 0 Å². The SMILES string of the molecule is CONC1CC[C@@H](C)N(CCCN)C1. The average molecular weight is 201 g/mol. The first-order chi connectivity index (χ1) is 6.77. The molecule has 0 aromatic carbocycles. The van der Waals surface area contributed by atoms with Crippen molar-refractivity contribution in [2.24, 2.45) is 5.73 Å². The maximum absolute atomic E-state index is 5.52. The molecule has 84 valence electrons. The Kier molecular flexibility index (Phi) is 5.40. The van der Waals surface area contributed by atoms with E-state index in [2.05, 4.69) is 17.3 Å². The number of nitrogens with zero attached hydrogens (tertiary/aromatic N) is 1. The average Bonchev–Trinajstić information content (AvgIpc) is 2.19. The summed E-state index contributed by atoms with van der Waals surface area (Å²) in [4.78, 5) is 7.46. The molecule has 1 saturated heterocycles. The van der Waals surface area contributed by atoms with Gasteiger partial charge in [-0.3, -0.25) is 4.90 Å². The molecule has 0 aliphatic carbocycles. The van der Waals surface area contributed by atoms with Crippen molar-refractivity contribution in [3.05, 3.63) is 0 Å². The molecule has 4 nitrogen and oxygen atoms in total. The van der Waals surface area contributed by atoms with Gasteiger partial charge < -0.3 is 10.6 Å². The molecule has 4 heteroatoms. The molecule has 0 radical (unpaired) electrons. The third-order valence-corrected chi connectivity index (χ3v) is 2.95. The predicted molar refractivity (Wildman–Crippen MR) is 57.9 cm³/mol. The van der Waals surface area contributed by atoms with E-state index >= 15 is 0 Å². The molecule has 0 aromatic rings. The molecule has 1 aliphatic rings. The first-order valence-corrected chi connectivity index (χ1v) is 5.50. The van der Waals surface area contributed by atoms with Gasteiger partial charge in [0.25, 0.3) is 0 Å². The van der Waals surface area contributed by atoms with Crippen LogP contribution in [0.3, 0.4) is 0 Å². The number of hydrogen-bond acceptors (Lipinski definition) is 4. The second-order valence-corrected chi connectivity index (χ2v) is 4.08. The van der Waals surface area contributed by atoms with Gasteiger partial charge in [-0.2, -0.15) is 5.48 Å². The molecular weight excluding hydrogens is 178 g/mol. The summed E-state index contributed by atoms with van der Waals surface area (Å²) in [6, 6.07) is 1.17. The number of rotatable bonds is 5. The lowest BCUT2D eigenvalue weighted by Gasteiger charge is -2.37. The predicted octanol–water partition coefficient (Wildman–Crippen LogP) is 0.339. The van der Waals surface area contributed by atoms with Gasteiger partial charge in [-0.1, -0.05) is 0 Å². The molecule has 0 aromatic heterocycles. The van der Waals surface area contributed by atoms with Crippen LogP contribution in [-0.4, -0.2) is 43.7 Å². The summed E-state index contributed by atoms with van der Waals surface area (Å²) in [5, 5.41) is 0. The molecule has 1 unspecified atom stereocenters. The van der Waals surface area contributed by atoms with E-state index in [0.29, 0.717) is 12.1 Å². The van der Waals surface area contributed by atoms with Crippen LogP contribution >= 0.6 is 0 Å². The summed E-state index contributed by atoms with van der Waals surface area (Å²) in [7, 11) is 1.68. The van der Waals surface area contributed by atoms with Crippen LogP contribution < -0.4 is 11.2 Å². The van der Waals surface area contributed by atoms with Crippen LogP contribution in [0.2, 0.25) is 0 Å². The summed E-state index contributed by atoms with van der Waals surface area (Å²) in [6.07, 6.45) is 3.53. The third-order valence-electron chi connectivity index (χ3n) is 2.95. The highest BCUT2D eigenvalue weighted by atomic mass is 16.6. The minimum absolute atomic E-state index is 0.481. The molecule has 0 saturated carbocycles. The molecule has 1 aliphatic heterocycles. The molecule has 14 heavy (non-hydrogen) atoms. The summed E-state index contributed by atoms with van der Waals surface area (Å²) in [6.45, 7) is 5.26. The van der Waals surface area contributed by atoms with Gasteiger partial charge in [-0.25, -0.2) is 0 Å². The maximum atomic E-state index is 5.52. The molecule has 0 bridgehead atoms. The molecule has 0 amide bonds. The fourth-order valence-electron chi connectivity index (χ4n) is 2.05. The number of likely N-dealkylation sites (tertiary alicyclic amines) is 1. The van der Waals surface area contributed by atoms with Crippen LogP contribution in [0.5, 0.6) is 0 Å². The van der Waals surface area contributed by atoms with Gasteiger partial charge in [0.1, 0.15) is 0 Å². The number of nitrogens with two attached hydrogens (primary N) is 1. The molecule has 3 N–H and O–H groups in total. The number of piperidine rings is 1. The van der Waals surface area contributed by atoms with Crippen molar-refractivity contribution >= 4 is 0 Å². The van der Waals surface area contributed by atoms with Crippen LogP contribution in [0, 0.1) is 0 Å². The zero-order chi connectivity index (χ0) is 10.4. The lowest BCUT2D eigenvalue weighted by Crippen LogP contribution is -2.49. The minimum Gasteiger partial charge on any atom is -0.330 e. The molecular formula is C10H23N3O. The van der Waals surface area contributed by atoms with Crippen molar-refractivity contribution in [3.8, 4) is 0 Å². The second kappa shape index (κ2) is 6.35. The number of hydroxylamine groups is 1. The number of nitrogens with one attached hydrogen (secondary N) is 1. The van der Waals surface area contributed by atoms with E-state index in [4.69, 9.17) is 10.6 Å².